The van der Waals surface area contributed by atoms with Gasteiger partial charge in [0.05, 0.1) is 10.6 Å². The molecular formula is C30H34BrCl2N3O4S. The zero-order valence-electron chi connectivity index (χ0n) is 23.2. The highest BCUT2D eigenvalue weighted by Crippen LogP contribution is 2.29. The molecule has 220 valence electrons. The van der Waals surface area contributed by atoms with Gasteiger partial charge in [0, 0.05) is 33.2 Å². The van der Waals surface area contributed by atoms with Crippen molar-refractivity contribution in [3.8, 4) is 0 Å². The smallest absolute Gasteiger partial charge is 0.264 e. The first-order chi connectivity index (χ1) is 19.5. The van der Waals surface area contributed by atoms with Crippen LogP contribution in [0.15, 0.2) is 76.1 Å². The summed E-state index contributed by atoms with van der Waals surface area (Å²) in [6, 6.07) is 17.2. The molecule has 0 aromatic heterocycles. The van der Waals surface area contributed by atoms with E-state index in [0.29, 0.717) is 34.3 Å². The van der Waals surface area contributed by atoms with Crippen LogP contribution >= 0.6 is 39.1 Å². The third-order valence-electron chi connectivity index (χ3n) is 6.61. The first-order valence-electron chi connectivity index (χ1n) is 13.3. The van der Waals surface area contributed by atoms with E-state index in [0.717, 1.165) is 27.2 Å². The highest BCUT2D eigenvalue weighted by Gasteiger charge is 2.34. The van der Waals surface area contributed by atoms with Gasteiger partial charge in [-0.05, 0) is 68.3 Å². The van der Waals surface area contributed by atoms with Gasteiger partial charge in [0.1, 0.15) is 12.6 Å². The minimum Gasteiger partial charge on any atom is -0.354 e. The fraction of sp³-hybridized carbons (Fsp3) is 0.333. The lowest BCUT2D eigenvalue weighted by Gasteiger charge is -2.33. The largest absolute Gasteiger partial charge is 0.354 e. The fourth-order valence-corrected chi connectivity index (χ4v) is 6.45. The van der Waals surface area contributed by atoms with Crippen molar-refractivity contribution < 1.29 is 18.0 Å². The number of amides is 2. The zero-order chi connectivity index (χ0) is 30.2. The molecule has 0 unspecified atom stereocenters. The molecule has 3 aromatic rings. The third kappa shape index (κ3) is 8.47. The van der Waals surface area contributed by atoms with Gasteiger partial charge in [-0.3, -0.25) is 13.9 Å². The molecule has 0 heterocycles. The quantitative estimate of drug-likeness (QED) is 0.197. The lowest BCUT2D eigenvalue weighted by Crippen LogP contribution is -2.52. The Morgan fingerprint density at radius 1 is 0.951 bits per heavy atom. The minimum absolute atomic E-state index is 0.0452. The molecule has 0 fully saturated rings. The van der Waals surface area contributed by atoms with E-state index in [4.69, 9.17) is 23.2 Å². The van der Waals surface area contributed by atoms with Crippen LogP contribution in [-0.2, 0) is 26.2 Å². The van der Waals surface area contributed by atoms with E-state index < -0.39 is 28.5 Å². The summed E-state index contributed by atoms with van der Waals surface area (Å²) in [4.78, 5) is 28.8. The SMILES string of the molecule is CCCCNC(=O)[C@H](CC)N(Cc1c(Cl)cccc1Cl)C(=O)CN(c1ccc(Br)cc1)S(=O)(=O)c1ccc(C)cc1. The van der Waals surface area contributed by atoms with Crippen LogP contribution in [-0.4, -0.2) is 44.3 Å². The predicted octanol–water partition coefficient (Wildman–Crippen LogP) is 6.98. The van der Waals surface area contributed by atoms with Gasteiger partial charge in [-0.15, -0.1) is 0 Å². The van der Waals surface area contributed by atoms with E-state index in [-0.39, 0.29) is 17.3 Å². The molecule has 3 aromatic carbocycles. The highest BCUT2D eigenvalue weighted by molar-refractivity contribution is 9.10. The van der Waals surface area contributed by atoms with Gasteiger partial charge in [-0.2, -0.15) is 0 Å². The molecule has 0 aliphatic heterocycles. The summed E-state index contributed by atoms with van der Waals surface area (Å²) in [5, 5.41) is 3.58. The van der Waals surface area contributed by atoms with Crippen LogP contribution in [0.2, 0.25) is 10.0 Å². The predicted molar refractivity (Wildman–Crippen MR) is 169 cm³/mol. The first kappa shape index (κ1) is 32.9. The molecule has 7 nitrogen and oxygen atoms in total. The third-order valence-corrected chi connectivity index (χ3v) is 9.63. The number of nitrogens with zero attached hydrogens (tertiary/aromatic N) is 2. The summed E-state index contributed by atoms with van der Waals surface area (Å²) in [6.45, 7) is 5.53. The van der Waals surface area contributed by atoms with E-state index in [9.17, 15) is 18.0 Å². The number of unbranched alkanes of at least 4 members (excludes halogenated alkanes) is 1. The molecule has 0 aliphatic carbocycles. The molecule has 11 heteroatoms. The number of carbonyl (C=O) groups excluding carboxylic acids is 2. The molecule has 0 bridgehead atoms. The Hall–Kier alpha value is -2.59. The van der Waals surface area contributed by atoms with Crippen LogP contribution < -0.4 is 9.62 Å². The number of hydrogen-bond donors (Lipinski definition) is 1. The standard InChI is InChI=1S/C30H34BrCl2N3O4S/c1-4-6-18-34-30(38)28(5-2)35(19-25-26(32)8-7-9-27(25)33)29(37)20-36(23-14-12-22(31)13-15-23)41(39,40)24-16-10-21(3)11-17-24/h7-17,28H,4-6,18-20H2,1-3H3,(H,34,38)/t28-/m0/s1. The second-order valence-corrected chi connectivity index (χ2v) is 13.2. The van der Waals surface area contributed by atoms with Crippen LogP contribution in [0.3, 0.4) is 0 Å². The van der Waals surface area contributed by atoms with Crippen LogP contribution in [0.4, 0.5) is 5.69 Å². The topological polar surface area (TPSA) is 86.8 Å². The number of rotatable bonds is 13. The van der Waals surface area contributed by atoms with Gasteiger partial charge in [-0.25, -0.2) is 8.42 Å². The lowest BCUT2D eigenvalue weighted by molar-refractivity contribution is -0.140. The molecule has 1 atom stereocenters. The summed E-state index contributed by atoms with van der Waals surface area (Å²) in [6.07, 6.45) is 1.99. The van der Waals surface area contributed by atoms with Gasteiger partial charge >= 0.3 is 0 Å². The Kier molecular flexibility index (Phi) is 12.1. The van der Waals surface area contributed by atoms with Crippen molar-refractivity contribution in [1.82, 2.24) is 10.2 Å². The maximum Gasteiger partial charge on any atom is 0.264 e. The van der Waals surface area contributed by atoms with Gasteiger partial charge in [0.25, 0.3) is 10.0 Å². The molecule has 3 rings (SSSR count). The van der Waals surface area contributed by atoms with Gasteiger partial charge < -0.3 is 10.2 Å². The zero-order valence-corrected chi connectivity index (χ0v) is 27.2. The molecule has 0 spiro atoms. The van der Waals surface area contributed by atoms with Crippen molar-refractivity contribution in [2.45, 2.75) is 57.5 Å². The summed E-state index contributed by atoms with van der Waals surface area (Å²) in [7, 11) is -4.15. The van der Waals surface area contributed by atoms with Crippen LogP contribution in [0.25, 0.3) is 0 Å². The Bertz CT molecular complexity index is 1430. The minimum atomic E-state index is -4.15. The molecule has 0 radical (unpaired) electrons. The first-order valence-corrected chi connectivity index (χ1v) is 16.3. The van der Waals surface area contributed by atoms with Crippen molar-refractivity contribution in [3.63, 3.8) is 0 Å². The number of aryl methyl sites for hydroxylation is 1. The van der Waals surface area contributed by atoms with Gasteiger partial charge in [0.15, 0.2) is 0 Å². The Morgan fingerprint density at radius 3 is 2.12 bits per heavy atom. The normalized spacial score (nSPS) is 12.0. The van der Waals surface area contributed by atoms with Crippen LogP contribution in [0.1, 0.15) is 44.2 Å². The van der Waals surface area contributed by atoms with E-state index in [2.05, 4.69) is 21.2 Å². The molecule has 0 saturated heterocycles. The summed E-state index contributed by atoms with van der Waals surface area (Å²) in [5.74, 6) is -0.897. The summed E-state index contributed by atoms with van der Waals surface area (Å²) >= 11 is 16.3. The van der Waals surface area contributed by atoms with E-state index in [1.807, 2.05) is 13.8 Å². The Balaban J connectivity index is 2.07. The highest BCUT2D eigenvalue weighted by atomic mass is 79.9. The number of hydrogen-bond acceptors (Lipinski definition) is 4. The van der Waals surface area contributed by atoms with Crippen molar-refractivity contribution in [2.24, 2.45) is 0 Å². The van der Waals surface area contributed by atoms with Crippen molar-refractivity contribution >= 4 is 66.7 Å². The monoisotopic (exact) mass is 681 g/mol. The maximum absolute atomic E-state index is 14.1. The second-order valence-electron chi connectivity index (χ2n) is 9.59. The molecule has 2 amide bonds. The van der Waals surface area contributed by atoms with Crippen molar-refractivity contribution in [2.75, 3.05) is 17.4 Å². The maximum atomic E-state index is 14.1. The second kappa shape index (κ2) is 15.0. The van der Waals surface area contributed by atoms with E-state index in [1.54, 1.807) is 61.5 Å². The van der Waals surface area contributed by atoms with Gasteiger partial charge in [0.2, 0.25) is 11.8 Å². The van der Waals surface area contributed by atoms with Gasteiger partial charge in [-0.1, -0.05) is 83.2 Å². The van der Waals surface area contributed by atoms with E-state index in [1.165, 1.54) is 17.0 Å². The van der Waals surface area contributed by atoms with E-state index >= 15 is 0 Å². The van der Waals surface area contributed by atoms with Crippen LogP contribution in [0, 0.1) is 6.92 Å². The number of anilines is 1. The summed E-state index contributed by atoms with van der Waals surface area (Å²) < 4.78 is 29.7. The van der Waals surface area contributed by atoms with Crippen LogP contribution in [0.5, 0.6) is 0 Å². The molecular weight excluding hydrogens is 649 g/mol. The number of sulfonamides is 1. The lowest BCUT2D eigenvalue weighted by atomic mass is 10.1. The number of nitrogens with one attached hydrogen (secondary N) is 1. The molecule has 1 N–H and O–H groups in total. The number of benzene rings is 3. The fourth-order valence-electron chi connectivity index (χ4n) is 4.25. The molecule has 41 heavy (non-hydrogen) atoms. The summed E-state index contributed by atoms with van der Waals surface area (Å²) in [5.41, 5.74) is 1.68. The Labute approximate surface area is 261 Å². The van der Waals surface area contributed by atoms with Crippen molar-refractivity contribution in [3.05, 3.63) is 92.4 Å². The molecule has 0 saturated carbocycles. The Morgan fingerprint density at radius 2 is 1.56 bits per heavy atom. The molecule has 0 aliphatic rings. The average molecular weight is 683 g/mol. The number of carbonyl (C=O) groups is 2. The van der Waals surface area contributed by atoms with Crippen molar-refractivity contribution in [1.29, 1.82) is 0 Å². The number of halogens is 3. The average Bonchev–Trinajstić information content (AvgIpc) is 2.94.